The van der Waals surface area contributed by atoms with Gasteiger partial charge in [0.1, 0.15) is 0 Å². The molecule has 0 aliphatic heterocycles. The van der Waals surface area contributed by atoms with Crippen molar-refractivity contribution >= 4 is 23.3 Å². The lowest BCUT2D eigenvalue weighted by Gasteiger charge is -2.10. The number of pyridine rings is 1. The molecule has 0 radical (unpaired) electrons. The number of anilines is 3. The molecule has 0 unspecified atom stereocenters. The lowest BCUT2D eigenvalue weighted by atomic mass is 10.2. The first-order chi connectivity index (χ1) is 7.81. The van der Waals surface area contributed by atoms with Gasteiger partial charge in [-0.3, -0.25) is 9.78 Å². The van der Waals surface area contributed by atoms with E-state index in [0.717, 1.165) is 17.7 Å². The lowest BCUT2D eigenvalue weighted by molar-refractivity contribution is 0.112. The molecular weight excluding hydrogens is 202 g/mol. The first-order valence-corrected chi connectivity index (χ1v) is 4.82. The molecule has 80 valence electrons. The van der Waals surface area contributed by atoms with E-state index in [4.69, 9.17) is 5.73 Å². The van der Waals surface area contributed by atoms with Crippen LogP contribution in [-0.2, 0) is 0 Å². The van der Waals surface area contributed by atoms with Gasteiger partial charge in [0, 0.05) is 17.4 Å². The summed E-state index contributed by atoms with van der Waals surface area (Å²) in [7, 11) is 0. The van der Waals surface area contributed by atoms with E-state index in [-0.39, 0.29) is 0 Å². The van der Waals surface area contributed by atoms with Gasteiger partial charge in [-0.2, -0.15) is 0 Å². The van der Waals surface area contributed by atoms with Crippen LogP contribution >= 0.6 is 0 Å². The van der Waals surface area contributed by atoms with Crippen LogP contribution in [0.15, 0.2) is 42.7 Å². The first-order valence-electron chi connectivity index (χ1n) is 4.82. The van der Waals surface area contributed by atoms with Gasteiger partial charge in [0.05, 0.1) is 17.6 Å². The van der Waals surface area contributed by atoms with Gasteiger partial charge < -0.3 is 11.1 Å². The molecule has 2 rings (SSSR count). The van der Waals surface area contributed by atoms with Gasteiger partial charge in [-0.15, -0.1) is 0 Å². The monoisotopic (exact) mass is 213 g/mol. The summed E-state index contributed by atoms with van der Waals surface area (Å²) in [6.07, 6.45) is 4.01. The number of benzene rings is 1. The highest BCUT2D eigenvalue weighted by Gasteiger charge is 2.02. The maximum absolute atomic E-state index is 10.8. The Labute approximate surface area is 93.1 Å². The number of carbonyl (C=O) groups is 1. The smallest absolute Gasteiger partial charge is 0.152 e. The Morgan fingerprint density at radius 1 is 1.19 bits per heavy atom. The molecule has 0 amide bonds. The predicted molar refractivity (Wildman–Crippen MR) is 63.8 cm³/mol. The van der Waals surface area contributed by atoms with E-state index >= 15 is 0 Å². The summed E-state index contributed by atoms with van der Waals surface area (Å²) in [5.41, 5.74) is 8.36. The molecule has 0 saturated carbocycles. The maximum atomic E-state index is 10.8. The molecular formula is C12H11N3O. The second kappa shape index (κ2) is 4.44. The third-order valence-electron chi connectivity index (χ3n) is 2.21. The van der Waals surface area contributed by atoms with Crippen LogP contribution in [0.3, 0.4) is 0 Å². The Kier molecular flexibility index (Phi) is 2.82. The fourth-order valence-corrected chi connectivity index (χ4v) is 1.38. The standard InChI is InChI=1S/C12H11N3O/c13-10-7-14-6-5-12(10)15-11-4-2-1-3-9(11)8-16/h1-8H,13H2,(H,14,15). The minimum atomic E-state index is 0.545. The van der Waals surface area contributed by atoms with Crippen LogP contribution in [-0.4, -0.2) is 11.3 Å². The van der Waals surface area contributed by atoms with Crippen LogP contribution in [0.4, 0.5) is 17.1 Å². The van der Waals surface area contributed by atoms with E-state index in [0.29, 0.717) is 11.3 Å². The molecule has 4 heteroatoms. The lowest BCUT2D eigenvalue weighted by Crippen LogP contribution is -1.99. The van der Waals surface area contributed by atoms with Crippen LogP contribution in [0, 0.1) is 0 Å². The molecule has 1 aromatic carbocycles. The number of carbonyl (C=O) groups excluding carboxylic acids is 1. The molecule has 1 aromatic heterocycles. The van der Waals surface area contributed by atoms with Crippen molar-refractivity contribution in [1.29, 1.82) is 0 Å². The SMILES string of the molecule is Nc1cnccc1Nc1ccccc1C=O. The van der Waals surface area contributed by atoms with Crippen LogP contribution in [0.5, 0.6) is 0 Å². The number of hydrogen-bond donors (Lipinski definition) is 2. The Bertz CT molecular complexity index is 511. The zero-order valence-corrected chi connectivity index (χ0v) is 8.55. The van der Waals surface area contributed by atoms with Crippen molar-refractivity contribution in [2.24, 2.45) is 0 Å². The van der Waals surface area contributed by atoms with Gasteiger partial charge in [-0.25, -0.2) is 0 Å². The summed E-state index contributed by atoms with van der Waals surface area (Å²) in [5, 5.41) is 3.10. The fraction of sp³-hybridized carbons (Fsp3) is 0. The number of aromatic nitrogens is 1. The van der Waals surface area contributed by atoms with Crippen LogP contribution < -0.4 is 11.1 Å². The zero-order valence-electron chi connectivity index (χ0n) is 8.55. The largest absolute Gasteiger partial charge is 0.396 e. The molecule has 4 nitrogen and oxygen atoms in total. The average molecular weight is 213 g/mol. The second-order valence-corrected chi connectivity index (χ2v) is 3.29. The summed E-state index contributed by atoms with van der Waals surface area (Å²) < 4.78 is 0. The van der Waals surface area contributed by atoms with Gasteiger partial charge in [-0.1, -0.05) is 12.1 Å². The molecule has 0 bridgehead atoms. The quantitative estimate of drug-likeness (QED) is 0.767. The Morgan fingerprint density at radius 3 is 2.75 bits per heavy atom. The number of nitrogens with zero attached hydrogens (tertiary/aromatic N) is 1. The molecule has 0 spiro atoms. The third-order valence-corrected chi connectivity index (χ3v) is 2.21. The predicted octanol–water partition coefficient (Wildman–Crippen LogP) is 2.22. The number of hydrogen-bond acceptors (Lipinski definition) is 4. The summed E-state index contributed by atoms with van der Waals surface area (Å²) in [4.78, 5) is 14.7. The number of nitrogens with two attached hydrogens (primary N) is 1. The van der Waals surface area contributed by atoms with Crippen molar-refractivity contribution in [3.8, 4) is 0 Å². The third kappa shape index (κ3) is 2.00. The number of rotatable bonds is 3. The first kappa shape index (κ1) is 10.2. The highest BCUT2D eigenvalue weighted by Crippen LogP contribution is 2.23. The molecule has 2 aromatic rings. The fourth-order valence-electron chi connectivity index (χ4n) is 1.38. The average Bonchev–Trinajstić information content (AvgIpc) is 2.33. The van der Waals surface area contributed by atoms with Crippen molar-refractivity contribution in [3.05, 3.63) is 48.3 Å². The minimum Gasteiger partial charge on any atom is -0.396 e. The minimum absolute atomic E-state index is 0.545. The van der Waals surface area contributed by atoms with Crippen molar-refractivity contribution in [3.63, 3.8) is 0 Å². The van der Waals surface area contributed by atoms with Gasteiger partial charge in [0.15, 0.2) is 6.29 Å². The van der Waals surface area contributed by atoms with E-state index in [1.54, 1.807) is 24.5 Å². The Morgan fingerprint density at radius 2 is 2.00 bits per heavy atom. The summed E-state index contributed by atoms with van der Waals surface area (Å²) >= 11 is 0. The van der Waals surface area contributed by atoms with Gasteiger partial charge in [0.25, 0.3) is 0 Å². The number of nitrogen functional groups attached to an aromatic ring is 1. The molecule has 0 atom stereocenters. The number of para-hydroxylation sites is 1. The van der Waals surface area contributed by atoms with Crippen LogP contribution in [0.25, 0.3) is 0 Å². The van der Waals surface area contributed by atoms with Crippen LogP contribution in [0.1, 0.15) is 10.4 Å². The molecule has 3 N–H and O–H groups in total. The maximum Gasteiger partial charge on any atom is 0.152 e. The van der Waals surface area contributed by atoms with E-state index in [9.17, 15) is 4.79 Å². The van der Waals surface area contributed by atoms with Crippen LogP contribution in [0.2, 0.25) is 0 Å². The Hall–Kier alpha value is -2.36. The van der Waals surface area contributed by atoms with Gasteiger partial charge in [-0.05, 0) is 18.2 Å². The zero-order chi connectivity index (χ0) is 11.4. The van der Waals surface area contributed by atoms with E-state index < -0.39 is 0 Å². The molecule has 16 heavy (non-hydrogen) atoms. The highest BCUT2D eigenvalue weighted by molar-refractivity contribution is 5.87. The molecule has 1 heterocycles. The normalized spacial score (nSPS) is 9.75. The van der Waals surface area contributed by atoms with Crippen molar-refractivity contribution in [2.45, 2.75) is 0 Å². The summed E-state index contributed by atoms with van der Waals surface area (Å²) in [6, 6.07) is 8.99. The number of aldehydes is 1. The van der Waals surface area contributed by atoms with Gasteiger partial charge >= 0.3 is 0 Å². The van der Waals surface area contributed by atoms with E-state index in [1.807, 2.05) is 18.2 Å². The molecule has 0 fully saturated rings. The van der Waals surface area contributed by atoms with Crippen molar-refractivity contribution in [2.75, 3.05) is 11.1 Å². The highest BCUT2D eigenvalue weighted by atomic mass is 16.1. The molecule has 0 aliphatic rings. The second-order valence-electron chi connectivity index (χ2n) is 3.29. The summed E-state index contributed by atoms with van der Waals surface area (Å²) in [6.45, 7) is 0. The Balaban J connectivity index is 2.34. The van der Waals surface area contributed by atoms with E-state index in [2.05, 4.69) is 10.3 Å². The molecule has 0 saturated heterocycles. The summed E-state index contributed by atoms with van der Waals surface area (Å²) in [5.74, 6) is 0. The van der Waals surface area contributed by atoms with E-state index in [1.165, 1.54) is 0 Å². The van der Waals surface area contributed by atoms with Crippen molar-refractivity contribution in [1.82, 2.24) is 4.98 Å². The van der Waals surface area contributed by atoms with Gasteiger partial charge in [0.2, 0.25) is 0 Å². The topological polar surface area (TPSA) is 68.0 Å². The van der Waals surface area contributed by atoms with Crippen molar-refractivity contribution < 1.29 is 4.79 Å². The molecule has 0 aliphatic carbocycles. The number of nitrogens with one attached hydrogen (secondary N) is 1.